The molecule has 7 heteroatoms. The van der Waals surface area contributed by atoms with Crippen LogP contribution in [0.1, 0.15) is 27.2 Å². The Labute approximate surface area is 112 Å². The Hall–Kier alpha value is -1.79. The molecule has 1 saturated heterocycles. The molecule has 108 valence electrons. The number of primary amides is 1. The van der Waals surface area contributed by atoms with Crippen LogP contribution in [-0.4, -0.2) is 48.0 Å². The molecular weight excluding hydrogens is 250 g/mol. The van der Waals surface area contributed by atoms with Crippen LogP contribution in [0.25, 0.3) is 0 Å². The summed E-state index contributed by atoms with van der Waals surface area (Å²) in [6.45, 7) is 6.27. The Balaban J connectivity index is 2.29. The van der Waals surface area contributed by atoms with Gasteiger partial charge in [-0.2, -0.15) is 0 Å². The number of amides is 3. The van der Waals surface area contributed by atoms with Crippen molar-refractivity contribution in [3.05, 3.63) is 0 Å². The number of alkyl carbamates (subject to hydrolysis) is 1. The lowest BCUT2D eigenvalue weighted by atomic mass is 10.1. The molecule has 19 heavy (non-hydrogen) atoms. The first-order valence-electron chi connectivity index (χ1n) is 6.23. The summed E-state index contributed by atoms with van der Waals surface area (Å²) in [7, 11) is 0. The van der Waals surface area contributed by atoms with E-state index in [0.29, 0.717) is 13.1 Å². The molecule has 0 spiro atoms. The van der Waals surface area contributed by atoms with E-state index in [9.17, 15) is 14.4 Å². The molecule has 1 atom stereocenters. The second-order valence-electron chi connectivity index (χ2n) is 5.57. The number of rotatable bonds is 4. The van der Waals surface area contributed by atoms with Gasteiger partial charge in [-0.05, 0) is 20.8 Å². The van der Waals surface area contributed by atoms with Gasteiger partial charge in [-0.15, -0.1) is 0 Å². The number of carbonyl (C=O) groups excluding carboxylic acids is 3. The van der Waals surface area contributed by atoms with Crippen molar-refractivity contribution in [1.29, 1.82) is 0 Å². The molecule has 1 rings (SSSR count). The van der Waals surface area contributed by atoms with Crippen molar-refractivity contribution in [3.63, 3.8) is 0 Å². The predicted octanol–water partition coefficient (Wildman–Crippen LogP) is -0.155. The van der Waals surface area contributed by atoms with E-state index in [1.54, 1.807) is 20.8 Å². The van der Waals surface area contributed by atoms with E-state index in [2.05, 4.69) is 5.32 Å². The van der Waals surface area contributed by atoms with Crippen molar-refractivity contribution < 1.29 is 19.1 Å². The van der Waals surface area contributed by atoms with Gasteiger partial charge in [0.05, 0.1) is 5.92 Å². The first kappa shape index (κ1) is 15.3. The molecule has 0 aliphatic carbocycles. The number of likely N-dealkylation sites (tertiary alicyclic amines) is 1. The molecule has 1 heterocycles. The van der Waals surface area contributed by atoms with Crippen molar-refractivity contribution in [2.45, 2.75) is 32.8 Å². The number of nitrogens with one attached hydrogen (secondary N) is 1. The third-order valence-electron chi connectivity index (χ3n) is 2.67. The smallest absolute Gasteiger partial charge is 0.407 e. The average molecular weight is 271 g/mol. The normalized spacial score (nSPS) is 19.4. The Morgan fingerprint density at radius 3 is 2.58 bits per heavy atom. The summed E-state index contributed by atoms with van der Waals surface area (Å²) in [5.41, 5.74) is 4.61. The molecule has 1 unspecified atom stereocenters. The predicted molar refractivity (Wildman–Crippen MR) is 68.1 cm³/mol. The zero-order valence-corrected chi connectivity index (χ0v) is 11.6. The Morgan fingerprint density at radius 2 is 2.11 bits per heavy atom. The highest BCUT2D eigenvalue weighted by atomic mass is 16.6. The van der Waals surface area contributed by atoms with Crippen LogP contribution in [0.3, 0.4) is 0 Å². The number of hydrogen-bond donors (Lipinski definition) is 2. The summed E-state index contributed by atoms with van der Waals surface area (Å²) in [5, 5.41) is 2.56. The zero-order valence-electron chi connectivity index (χ0n) is 11.6. The van der Waals surface area contributed by atoms with Crippen molar-refractivity contribution in [2.75, 3.05) is 19.6 Å². The maximum absolute atomic E-state index is 11.6. The summed E-state index contributed by atoms with van der Waals surface area (Å²) in [4.78, 5) is 35.4. The number of hydrogen-bond acceptors (Lipinski definition) is 4. The van der Waals surface area contributed by atoms with Gasteiger partial charge < -0.3 is 20.7 Å². The highest BCUT2D eigenvalue weighted by Gasteiger charge is 2.32. The van der Waals surface area contributed by atoms with E-state index in [0.717, 1.165) is 0 Å². The van der Waals surface area contributed by atoms with Crippen LogP contribution in [0, 0.1) is 5.92 Å². The fraction of sp³-hybridized carbons (Fsp3) is 0.750. The molecule has 1 aliphatic rings. The van der Waals surface area contributed by atoms with Gasteiger partial charge in [-0.1, -0.05) is 0 Å². The van der Waals surface area contributed by atoms with E-state index in [1.165, 1.54) is 4.90 Å². The largest absolute Gasteiger partial charge is 0.444 e. The van der Waals surface area contributed by atoms with E-state index in [-0.39, 0.29) is 18.9 Å². The van der Waals surface area contributed by atoms with Gasteiger partial charge in [-0.3, -0.25) is 9.59 Å². The number of ether oxygens (including phenoxy) is 1. The van der Waals surface area contributed by atoms with Crippen LogP contribution in [0.15, 0.2) is 0 Å². The van der Waals surface area contributed by atoms with E-state index in [1.807, 2.05) is 0 Å². The third kappa shape index (κ3) is 5.15. The van der Waals surface area contributed by atoms with Crippen molar-refractivity contribution >= 4 is 17.9 Å². The second kappa shape index (κ2) is 5.90. The number of nitrogens with zero attached hydrogens (tertiary/aromatic N) is 1. The SMILES string of the molecule is CC(C)(C)OC(=O)NCCN1CC(C(N)=O)CC1=O. The van der Waals surface area contributed by atoms with E-state index < -0.39 is 23.5 Å². The fourth-order valence-corrected chi connectivity index (χ4v) is 1.79. The third-order valence-corrected chi connectivity index (χ3v) is 2.67. The van der Waals surface area contributed by atoms with Crippen LogP contribution >= 0.6 is 0 Å². The summed E-state index contributed by atoms with van der Waals surface area (Å²) >= 11 is 0. The van der Waals surface area contributed by atoms with Crippen LogP contribution < -0.4 is 11.1 Å². The van der Waals surface area contributed by atoms with Crippen molar-refractivity contribution in [2.24, 2.45) is 11.7 Å². The molecule has 7 nitrogen and oxygen atoms in total. The molecule has 0 bridgehead atoms. The molecule has 0 radical (unpaired) electrons. The molecule has 1 aliphatic heterocycles. The highest BCUT2D eigenvalue weighted by Crippen LogP contribution is 2.16. The quantitative estimate of drug-likeness (QED) is 0.742. The van der Waals surface area contributed by atoms with E-state index >= 15 is 0 Å². The highest BCUT2D eigenvalue weighted by molar-refractivity contribution is 5.88. The summed E-state index contributed by atoms with van der Waals surface area (Å²) in [6.07, 6.45) is -0.368. The van der Waals surface area contributed by atoms with Gasteiger partial charge in [0.25, 0.3) is 0 Å². The summed E-state index contributed by atoms with van der Waals surface area (Å²) < 4.78 is 5.06. The molecule has 0 aromatic carbocycles. The molecule has 3 amide bonds. The van der Waals surface area contributed by atoms with Crippen LogP contribution in [-0.2, 0) is 14.3 Å². The molecular formula is C12H21N3O4. The number of carbonyl (C=O) groups is 3. The topological polar surface area (TPSA) is 102 Å². The Bertz CT molecular complexity index is 376. The van der Waals surface area contributed by atoms with Crippen LogP contribution in [0.5, 0.6) is 0 Å². The van der Waals surface area contributed by atoms with E-state index in [4.69, 9.17) is 10.5 Å². The van der Waals surface area contributed by atoms with Gasteiger partial charge in [0.15, 0.2) is 0 Å². The van der Waals surface area contributed by atoms with Crippen LogP contribution in [0.4, 0.5) is 4.79 Å². The fourth-order valence-electron chi connectivity index (χ4n) is 1.79. The number of nitrogens with two attached hydrogens (primary N) is 1. The van der Waals surface area contributed by atoms with Gasteiger partial charge in [-0.25, -0.2) is 4.79 Å². The Morgan fingerprint density at radius 1 is 1.47 bits per heavy atom. The van der Waals surface area contributed by atoms with Crippen molar-refractivity contribution in [1.82, 2.24) is 10.2 Å². The standard InChI is InChI=1S/C12H21N3O4/c1-12(2,3)19-11(18)14-4-5-15-7-8(10(13)17)6-9(15)16/h8H,4-7H2,1-3H3,(H2,13,17)(H,14,18). The summed E-state index contributed by atoms with van der Waals surface area (Å²) in [6, 6.07) is 0. The molecule has 3 N–H and O–H groups in total. The minimum absolute atomic E-state index is 0.116. The van der Waals surface area contributed by atoms with Crippen molar-refractivity contribution in [3.8, 4) is 0 Å². The average Bonchev–Trinajstić information content (AvgIpc) is 2.58. The lowest BCUT2D eigenvalue weighted by molar-refractivity contribution is -0.128. The maximum Gasteiger partial charge on any atom is 0.407 e. The Kier molecular flexibility index (Phi) is 4.74. The minimum atomic E-state index is -0.551. The van der Waals surface area contributed by atoms with Gasteiger partial charge in [0.1, 0.15) is 5.60 Å². The zero-order chi connectivity index (χ0) is 14.6. The minimum Gasteiger partial charge on any atom is -0.444 e. The lowest BCUT2D eigenvalue weighted by Crippen LogP contribution is -2.38. The van der Waals surface area contributed by atoms with Gasteiger partial charge >= 0.3 is 6.09 Å². The first-order chi connectivity index (χ1) is 8.69. The monoisotopic (exact) mass is 271 g/mol. The molecule has 0 aromatic rings. The maximum atomic E-state index is 11.6. The first-order valence-corrected chi connectivity index (χ1v) is 6.23. The van der Waals surface area contributed by atoms with Gasteiger partial charge in [0.2, 0.25) is 11.8 Å². The second-order valence-corrected chi connectivity index (χ2v) is 5.57. The summed E-state index contributed by atoms with van der Waals surface area (Å²) in [5.74, 6) is -1.00. The molecule has 1 fully saturated rings. The molecule has 0 aromatic heterocycles. The van der Waals surface area contributed by atoms with Gasteiger partial charge in [0, 0.05) is 26.1 Å². The van der Waals surface area contributed by atoms with Crippen LogP contribution in [0.2, 0.25) is 0 Å². The molecule has 0 saturated carbocycles. The lowest BCUT2D eigenvalue weighted by Gasteiger charge is -2.21.